The second-order valence-corrected chi connectivity index (χ2v) is 7.19. The average molecular weight is 389 g/mol. The molecule has 0 saturated carbocycles. The Hall–Kier alpha value is -3.32. The minimum Gasteiger partial charge on any atom is -0.508 e. The molecule has 148 valence electrons. The van der Waals surface area contributed by atoms with Gasteiger partial charge in [-0.15, -0.1) is 0 Å². The number of likely N-dealkylation sites (tertiary alicyclic amines) is 1. The zero-order valence-corrected chi connectivity index (χ0v) is 16.0. The zero-order valence-electron chi connectivity index (χ0n) is 16.0. The molecule has 0 bridgehead atoms. The molecule has 7 heteroatoms. The molecule has 0 radical (unpaired) electrons. The molecule has 29 heavy (non-hydrogen) atoms. The van der Waals surface area contributed by atoms with Gasteiger partial charge in [0.05, 0.1) is 11.3 Å². The van der Waals surface area contributed by atoms with Crippen LogP contribution in [0.5, 0.6) is 5.75 Å². The lowest BCUT2D eigenvalue weighted by atomic mass is 10.0. The minimum atomic E-state index is -0.157. The van der Waals surface area contributed by atoms with Crippen molar-refractivity contribution in [3.8, 4) is 17.1 Å². The zero-order chi connectivity index (χ0) is 20.1. The lowest BCUT2D eigenvalue weighted by Gasteiger charge is -2.32. The van der Waals surface area contributed by atoms with Crippen LogP contribution in [0, 0.1) is 0 Å². The van der Waals surface area contributed by atoms with Crippen molar-refractivity contribution in [1.82, 2.24) is 25.2 Å². The number of carbonyl (C=O) groups is 1. The van der Waals surface area contributed by atoms with E-state index in [1.54, 1.807) is 18.2 Å². The number of benzene rings is 1. The van der Waals surface area contributed by atoms with Crippen LogP contribution >= 0.6 is 0 Å². The molecule has 0 spiro atoms. The number of phenolic OH excluding ortho intramolecular Hbond substituents is 1. The molecule has 0 unspecified atom stereocenters. The summed E-state index contributed by atoms with van der Waals surface area (Å²) in [6.07, 6.45) is 6.67. The number of carbonyl (C=O) groups excluding carboxylic acids is 1. The van der Waals surface area contributed by atoms with Crippen LogP contribution in [0.25, 0.3) is 11.4 Å². The molecule has 4 rings (SSSR count). The largest absolute Gasteiger partial charge is 0.508 e. The van der Waals surface area contributed by atoms with Gasteiger partial charge in [0.15, 0.2) is 5.82 Å². The van der Waals surface area contributed by atoms with E-state index in [2.05, 4.69) is 25.2 Å². The summed E-state index contributed by atoms with van der Waals surface area (Å²) in [6.45, 7) is 2.69. The van der Waals surface area contributed by atoms with Gasteiger partial charge in [-0.1, -0.05) is 18.2 Å². The van der Waals surface area contributed by atoms with Gasteiger partial charge < -0.3 is 10.4 Å². The molecular formula is C22H23N5O2. The van der Waals surface area contributed by atoms with Crippen molar-refractivity contribution in [3.05, 3.63) is 72.3 Å². The average Bonchev–Trinajstić information content (AvgIpc) is 2.76. The summed E-state index contributed by atoms with van der Waals surface area (Å²) in [5.41, 5.74) is 2.21. The molecule has 3 heterocycles. The summed E-state index contributed by atoms with van der Waals surface area (Å²) in [6, 6.07) is 12.8. The smallest absolute Gasteiger partial charge is 0.254 e. The van der Waals surface area contributed by atoms with E-state index in [0.29, 0.717) is 17.0 Å². The predicted molar refractivity (Wildman–Crippen MR) is 109 cm³/mol. The van der Waals surface area contributed by atoms with Crippen molar-refractivity contribution in [3.63, 3.8) is 0 Å². The quantitative estimate of drug-likeness (QED) is 0.697. The summed E-state index contributed by atoms with van der Waals surface area (Å²) in [4.78, 5) is 27.8. The van der Waals surface area contributed by atoms with E-state index in [1.165, 1.54) is 12.4 Å². The highest BCUT2D eigenvalue weighted by Gasteiger charge is 2.21. The van der Waals surface area contributed by atoms with E-state index in [9.17, 15) is 9.90 Å². The van der Waals surface area contributed by atoms with Crippen molar-refractivity contribution in [2.45, 2.75) is 25.4 Å². The molecular weight excluding hydrogens is 366 g/mol. The van der Waals surface area contributed by atoms with Crippen LogP contribution < -0.4 is 5.32 Å². The number of amides is 1. The van der Waals surface area contributed by atoms with Crippen molar-refractivity contribution in [2.75, 3.05) is 13.1 Å². The number of aromatic hydroxyl groups is 1. The van der Waals surface area contributed by atoms with Gasteiger partial charge >= 0.3 is 0 Å². The van der Waals surface area contributed by atoms with Gasteiger partial charge in [-0.05, 0) is 37.1 Å². The van der Waals surface area contributed by atoms with Gasteiger partial charge in [0.2, 0.25) is 0 Å². The SMILES string of the molecule is O=C(NC1CCN(Cc2ccccn2)CC1)c1cnc(-c2cccc(O)c2)nc1. The van der Waals surface area contributed by atoms with Crippen LogP contribution in [0.2, 0.25) is 0 Å². The first kappa shape index (κ1) is 19.0. The third-order valence-electron chi connectivity index (χ3n) is 5.05. The van der Waals surface area contributed by atoms with E-state index in [4.69, 9.17) is 0 Å². The van der Waals surface area contributed by atoms with Crippen LogP contribution in [-0.2, 0) is 6.54 Å². The van der Waals surface area contributed by atoms with Gasteiger partial charge in [0.1, 0.15) is 5.75 Å². The Balaban J connectivity index is 1.30. The first-order valence-electron chi connectivity index (χ1n) is 9.72. The molecule has 1 aliphatic rings. The van der Waals surface area contributed by atoms with E-state index in [-0.39, 0.29) is 17.7 Å². The van der Waals surface area contributed by atoms with Crippen LogP contribution in [0.4, 0.5) is 0 Å². The highest BCUT2D eigenvalue weighted by atomic mass is 16.3. The molecule has 1 saturated heterocycles. The lowest BCUT2D eigenvalue weighted by molar-refractivity contribution is 0.0908. The van der Waals surface area contributed by atoms with Crippen molar-refractivity contribution >= 4 is 5.91 Å². The summed E-state index contributed by atoms with van der Waals surface area (Å²) in [7, 11) is 0. The number of hydrogen-bond donors (Lipinski definition) is 2. The number of aromatic nitrogens is 3. The van der Waals surface area contributed by atoms with Crippen LogP contribution in [-0.4, -0.2) is 50.0 Å². The molecule has 1 aliphatic heterocycles. The standard InChI is InChI=1S/C22H23N5O2/c28-20-6-3-4-16(12-20)21-24-13-17(14-25-21)22(29)26-18-7-10-27(11-8-18)15-19-5-1-2-9-23-19/h1-6,9,12-14,18,28H,7-8,10-11,15H2,(H,26,29). The summed E-state index contributed by atoms with van der Waals surface area (Å²) < 4.78 is 0. The van der Waals surface area contributed by atoms with Crippen molar-refractivity contribution in [2.24, 2.45) is 0 Å². The molecule has 1 aromatic carbocycles. The Kier molecular flexibility index (Phi) is 5.76. The Morgan fingerprint density at radius 3 is 2.55 bits per heavy atom. The highest BCUT2D eigenvalue weighted by Crippen LogP contribution is 2.19. The maximum absolute atomic E-state index is 12.5. The topological polar surface area (TPSA) is 91.2 Å². The fraction of sp³-hybridized carbons (Fsp3) is 0.273. The van der Waals surface area contributed by atoms with Gasteiger partial charge in [-0.25, -0.2) is 9.97 Å². The normalized spacial score (nSPS) is 15.2. The fourth-order valence-corrected chi connectivity index (χ4v) is 3.46. The van der Waals surface area contributed by atoms with Gasteiger partial charge in [0.25, 0.3) is 5.91 Å². The maximum Gasteiger partial charge on any atom is 0.254 e. The third kappa shape index (κ3) is 4.94. The van der Waals surface area contributed by atoms with E-state index < -0.39 is 0 Å². The Bertz CT molecular complexity index is 954. The monoisotopic (exact) mass is 389 g/mol. The number of rotatable bonds is 5. The maximum atomic E-state index is 12.5. The molecule has 0 atom stereocenters. The Morgan fingerprint density at radius 1 is 1.07 bits per heavy atom. The summed E-state index contributed by atoms with van der Waals surface area (Å²) in [5, 5.41) is 12.7. The van der Waals surface area contributed by atoms with Gasteiger partial charge in [0, 0.05) is 49.8 Å². The summed E-state index contributed by atoms with van der Waals surface area (Å²) >= 11 is 0. The first-order chi connectivity index (χ1) is 14.2. The molecule has 0 aliphatic carbocycles. The van der Waals surface area contributed by atoms with Crippen molar-refractivity contribution in [1.29, 1.82) is 0 Å². The third-order valence-corrected chi connectivity index (χ3v) is 5.05. The number of pyridine rings is 1. The number of nitrogens with zero attached hydrogens (tertiary/aromatic N) is 4. The van der Waals surface area contributed by atoms with Gasteiger partial charge in [-0.2, -0.15) is 0 Å². The summed E-state index contributed by atoms with van der Waals surface area (Å²) in [5.74, 6) is 0.471. The molecule has 3 aromatic rings. The van der Waals surface area contributed by atoms with E-state index in [1.807, 2.05) is 30.5 Å². The fourth-order valence-electron chi connectivity index (χ4n) is 3.46. The van der Waals surface area contributed by atoms with Crippen LogP contribution in [0.1, 0.15) is 28.9 Å². The number of phenols is 1. The highest BCUT2D eigenvalue weighted by molar-refractivity contribution is 5.93. The lowest BCUT2D eigenvalue weighted by Crippen LogP contribution is -2.44. The molecule has 1 fully saturated rings. The van der Waals surface area contributed by atoms with Crippen LogP contribution in [0.15, 0.2) is 61.1 Å². The number of hydrogen-bond acceptors (Lipinski definition) is 6. The van der Waals surface area contributed by atoms with Crippen LogP contribution in [0.3, 0.4) is 0 Å². The van der Waals surface area contributed by atoms with Gasteiger partial charge in [-0.3, -0.25) is 14.7 Å². The van der Waals surface area contributed by atoms with E-state index in [0.717, 1.165) is 38.2 Å². The second-order valence-electron chi connectivity index (χ2n) is 7.19. The number of piperidine rings is 1. The molecule has 2 aromatic heterocycles. The predicted octanol–water partition coefficient (Wildman–Crippen LogP) is 2.64. The molecule has 2 N–H and O–H groups in total. The van der Waals surface area contributed by atoms with E-state index >= 15 is 0 Å². The Morgan fingerprint density at radius 2 is 1.86 bits per heavy atom. The number of nitrogens with one attached hydrogen (secondary N) is 1. The molecule has 7 nitrogen and oxygen atoms in total. The first-order valence-corrected chi connectivity index (χ1v) is 9.72. The van der Waals surface area contributed by atoms with Crippen molar-refractivity contribution < 1.29 is 9.90 Å². The second kappa shape index (κ2) is 8.79. The Labute approximate surface area is 169 Å². The molecule has 1 amide bonds. The minimum absolute atomic E-state index is 0.147.